The molecule has 0 spiro atoms. The van der Waals surface area contributed by atoms with Gasteiger partial charge in [0.1, 0.15) is 0 Å². The minimum Gasteiger partial charge on any atom is -0.394 e. The molecule has 0 heterocycles. The summed E-state index contributed by atoms with van der Waals surface area (Å²) in [6.07, 6.45) is 8.83. The lowest BCUT2D eigenvalue weighted by Crippen LogP contribution is -2.50. The molecule has 1 saturated carbocycles. The number of hydrogen-bond donors (Lipinski definition) is 2. The van der Waals surface area contributed by atoms with Crippen molar-refractivity contribution >= 4 is 0 Å². The van der Waals surface area contributed by atoms with Gasteiger partial charge in [-0.1, -0.05) is 32.1 Å². The molecule has 0 saturated heterocycles. The SMILES string of the molecule is CN(C)CCNC1(CO)CCCCCCC1. The molecule has 3 nitrogen and oxygen atoms in total. The van der Waals surface area contributed by atoms with Gasteiger partial charge in [-0.15, -0.1) is 0 Å². The van der Waals surface area contributed by atoms with E-state index in [1.165, 1.54) is 32.1 Å². The highest BCUT2D eigenvalue weighted by Gasteiger charge is 2.28. The van der Waals surface area contributed by atoms with E-state index in [-0.39, 0.29) is 5.54 Å². The van der Waals surface area contributed by atoms with Crippen molar-refractivity contribution in [3.63, 3.8) is 0 Å². The molecule has 3 heteroatoms. The highest BCUT2D eigenvalue weighted by atomic mass is 16.3. The predicted octanol–water partition coefficient (Wildman–Crippen LogP) is 1.61. The van der Waals surface area contributed by atoms with Crippen LogP contribution >= 0.6 is 0 Å². The highest BCUT2D eigenvalue weighted by Crippen LogP contribution is 2.25. The zero-order chi connectivity index (χ0) is 11.9. The third-order valence-electron chi connectivity index (χ3n) is 3.67. The van der Waals surface area contributed by atoms with Gasteiger partial charge in [-0.2, -0.15) is 0 Å². The third kappa shape index (κ3) is 4.81. The number of rotatable bonds is 5. The lowest BCUT2D eigenvalue weighted by atomic mass is 9.84. The lowest BCUT2D eigenvalue weighted by Gasteiger charge is -2.35. The predicted molar refractivity (Wildman–Crippen MR) is 68.7 cm³/mol. The van der Waals surface area contributed by atoms with E-state index in [1.807, 2.05) is 0 Å². The summed E-state index contributed by atoms with van der Waals surface area (Å²) in [5.41, 5.74) is 0.0103. The molecule has 2 N–H and O–H groups in total. The maximum absolute atomic E-state index is 9.65. The molecule has 1 aliphatic rings. The van der Waals surface area contributed by atoms with Crippen molar-refractivity contribution in [2.24, 2.45) is 0 Å². The fourth-order valence-corrected chi connectivity index (χ4v) is 2.52. The van der Waals surface area contributed by atoms with Gasteiger partial charge in [0.2, 0.25) is 0 Å². The van der Waals surface area contributed by atoms with Crippen molar-refractivity contribution in [3.8, 4) is 0 Å². The largest absolute Gasteiger partial charge is 0.394 e. The number of likely N-dealkylation sites (N-methyl/N-ethyl adjacent to an activating group) is 1. The molecular formula is C13H28N2O. The summed E-state index contributed by atoms with van der Waals surface area (Å²) in [7, 11) is 4.18. The second kappa shape index (κ2) is 7.25. The van der Waals surface area contributed by atoms with E-state index in [9.17, 15) is 5.11 Å². The maximum atomic E-state index is 9.65. The van der Waals surface area contributed by atoms with Gasteiger partial charge in [0, 0.05) is 18.6 Å². The summed E-state index contributed by atoms with van der Waals surface area (Å²) in [5, 5.41) is 13.2. The molecule has 0 radical (unpaired) electrons. The fraction of sp³-hybridized carbons (Fsp3) is 1.00. The van der Waals surface area contributed by atoms with Gasteiger partial charge in [-0.05, 0) is 26.9 Å². The minimum absolute atomic E-state index is 0.0103. The Kier molecular flexibility index (Phi) is 6.32. The summed E-state index contributed by atoms with van der Waals surface area (Å²) in [6, 6.07) is 0. The molecule has 16 heavy (non-hydrogen) atoms. The first-order chi connectivity index (χ1) is 7.68. The van der Waals surface area contributed by atoms with Gasteiger partial charge < -0.3 is 15.3 Å². The van der Waals surface area contributed by atoms with Crippen LogP contribution < -0.4 is 5.32 Å². The van der Waals surface area contributed by atoms with Crippen LogP contribution in [-0.2, 0) is 0 Å². The van der Waals surface area contributed by atoms with Crippen molar-refractivity contribution in [3.05, 3.63) is 0 Å². The third-order valence-corrected chi connectivity index (χ3v) is 3.67. The van der Waals surface area contributed by atoms with E-state index in [0.29, 0.717) is 6.61 Å². The number of hydrogen-bond acceptors (Lipinski definition) is 3. The molecule has 0 amide bonds. The molecule has 1 rings (SSSR count). The summed E-state index contributed by atoms with van der Waals surface area (Å²) >= 11 is 0. The van der Waals surface area contributed by atoms with Gasteiger partial charge >= 0.3 is 0 Å². The van der Waals surface area contributed by atoms with Gasteiger partial charge in [0.25, 0.3) is 0 Å². The molecule has 1 aliphatic carbocycles. The van der Waals surface area contributed by atoms with Crippen LogP contribution in [0.15, 0.2) is 0 Å². The Balaban J connectivity index is 2.39. The zero-order valence-electron chi connectivity index (χ0n) is 11.0. The van der Waals surface area contributed by atoms with Crippen LogP contribution in [0.1, 0.15) is 44.9 Å². The van der Waals surface area contributed by atoms with Crippen LogP contribution in [0, 0.1) is 0 Å². The first-order valence-electron chi connectivity index (χ1n) is 6.69. The van der Waals surface area contributed by atoms with Crippen LogP contribution in [0.5, 0.6) is 0 Å². The van der Waals surface area contributed by atoms with Crippen molar-refractivity contribution in [1.29, 1.82) is 0 Å². The molecular weight excluding hydrogens is 200 g/mol. The smallest absolute Gasteiger partial charge is 0.0613 e. The summed E-state index contributed by atoms with van der Waals surface area (Å²) in [5.74, 6) is 0. The van der Waals surface area contributed by atoms with Crippen LogP contribution in [0.25, 0.3) is 0 Å². The molecule has 0 aliphatic heterocycles. The van der Waals surface area contributed by atoms with Crippen molar-refractivity contribution in [1.82, 2.24) is 10.2 Å². The number of aliphatic hydroxyl groups excluding tert-OH is 1. The maximum Gasteiger partial charge on any atom is 0.0613 e. The first-order valence-corrected chi connectivity index (χ1v) is 6.69. The molecule has 96 valence electrons. The number of nitrogens with zero attached hydrogens (tertiary/aromatic N) is 1. The first kappa shape index (κ1) is 13.9. The van der Waals surface area contributed by atoms with Gasteiger partial charge in [0.15, 0.2) is 0 Å². The zero-order valence-corrected chi connectivity index (χ0v) is 11.0. The van der Waals surface area contributed by atoms with Gasteiger partial charge in [0.05, 0.1) is 6.61 Å². The summed E-state index contributed by atoms with van der Waals surface area (Å²) < 4.78 is 0. The summed E-state index contributed by atoms with van der Waals surface area (Å²) in [4.78, 5) is 2.18. The molecule has 0 aromatic carbocycles. The van der Waals surface area contributed by atoms with Crippen molar-refractivity contribution in [2.45, 2.75) is 50.5 Å². The van der Waals surface area contributed by atoms with E-state index in [2.05, 4.69) is 24.3 Å². The average Bonchev–Trinajstić information content (AvgIpc) is 2.21. The minimum atomic E-state index is 0.0103. The van der Waals surface area contributed by atoms with Crippen LogP contribution in [0.3, 0.4) is 0 Å². The van der Waals surface area contributed by atoms with E-state index in [1.54, 1.807) is 0 Å². The Bertz CT molecular complexity index is 175. The second-order valence-electron chi connectivity index (χ2n) is 5.44. The van der Waals surface area contributed by atoms with Crippen LogP contribution in [0.2, 0.25) is 0 Å². The fourth-order valence-electron chi connectivity index (χ4n) is 2.52. The second-order valence-corrected chi connectivity index (χ2v) is 5.44. The average molecular weight is 228 g/mol. The van der Waals surface area contributed by atoms with Crippen LogP contribution in [-0.4, -0.2) is 49.3 Å². The summed E-state index contributed by atoms with van der Waals surface area (Å²) in [6.45, 7) is 2.32. The Morgan fingerprint density at radius 3 is 2.12 bits per heavy atom. The Hall–Kier alpha value is -0.120. The Morgan fingerprint density at radius 1 is 1.06 bits per heavy atom. The molecule has 0 aromatic heterocycles. The van der Waals surface area contributed by atoms with E-state index < -0.39 is 0 Å². The molecule has 1 fully saturated rings. The van der Waals surface area contributed by atoms with E-state index in [0.717, 1.165) is 25.9 Å². The molecule has 0 atom stereocenters. The molecule has 0 unspecified atom stereocenters. The number of aliphatic hydroxyl groups is 1. The van der Waals surface area contributed by atoms with Crippen molar-refractivity contribution in [2.75, 3.05) is 33.8 Å². The van der Waals surface area contributed by atoms with Gasteiger partial charge in [-0.3, -0.25) is 0 Å². The van der Waals surface area contributed by atoms with E-state index in [4.69, 9.17) is 0 Å². The lowest BCUT2D eigenvalue weighted by molar-refractivity contribution is 0.129. The quantitative estimate of drug-likeness (QED) is 0.750. The van der Waals surface area contributed by atoms with Gasteiger partial charge in [-0.25, -0.2) is 0 Å². The van der Waals surface area contributed by atoms with Crippen molar-refractivity contribution < 1.29 is 5.11 Å². The standard InChI is InChI=1S/C13H28N2O/c1-15(2)11-10-14-13(12-16)8-6-4-3-5-7-9-13/h14,16H,3-12H2,1-2H3. The van der Waals surface area contributed by atoms with E-state index >= 15 is 0 Å². The topological polar surface area (TPSA) is 35.5 Å². The Morgan fingerprint density at radius 2 is 1.62 bits per heavy atom. The Labute approximate surface area is 100 Å². The number of nitrogens with one attached hydrogen (secondary N) is 1. The monoisotopic (exact) mass is 228 g/mol. The van der Waals surface area contributed by atoms with Crippen LogP contribution in [0.4, 0.5) is 0 Å². The molecule has 0 bridgehead atoms. The molecule has 0 aromatic rings. The highest BCUT2D eigenvalue weighted by molar-refractivity contribution is 4.88. The normalized spacial score (nSPS) is 21.8.